The summed E-state index contributed by atoms with van der Waals surface area (Å²) in [6.45, 7) is 2.72. The van der Waals surface area contributed by atoms with Crippen molar-refractivity contribution in [3.8, 4) is 22.8 Å². The van der Waals surface area contributed by atoms with Crippen LogP contribution < -0.4 is 14.8 Å². The van der Waals surface area contributed by atoms with E-state index in [4.69, 9.17) is 9.47 Å². The molecule has 0 saturated heterocycles. The molecule has 3 heterocycles. The molecular formula is C21H19N3O3S. The maximum absolute atomic E-state index is 12.9. The number of aryl methyl sites for hydroxylation is 2. The molecule has 2 aromatic carbocycles. The number of hydrogen-bond acceptors (Lipinski definition) is 5. The van der Waals surface area contributed by atoms with Gasteiger partial charge in [0.1, 0.15) is 0 Å². The van der Waals surface area contributed by atoms with Crippen molar-refractivity contribution in [1.82, 2.24) is 15.1 Å². The van der Waals surface area contributed by atoms with Crippen LogP contribution in [0.25, 0.3) is 11.3 Å². The van der Waals surface area contributed by atoms with Crippen LogP contribution in [-0.4, -0.2) is 22.5 Å². The van der Waals surface area contributed by atoms with Gasteiger partial charge in [-0.05, 0) is 36.8 Å². The largest absolute Gasteiger partial charge is 0.454 e. The lowest BCUT2D eigenvalue weighted by Crippen LogP contribution is -2.24. The number of nitrogens with zero attached hydrogens (tertiary/aromatic N) is 2. The highest BCUT2D eigenvalue weighted by Crippen LogP contribution is 2.42. The van der Waals surface area contributed by atoms with Crippen LogP contribution in [0.1, 0.15) is 27.2 Å². The first kappa shape index (κ1) is 17.2. The number of ether oxygens (including phenoxy) is 2. The first-order chi connectivity index (χ1) is 13.6. The SMILES string of the molecule is Cc1ccc2c(c1)-c1c(c(C(=O)NCc3ccc4c(c3)OCO4)nn1C)CS2. The Labute approximate surface area is 166 Å². The topological polar surface area (TPSA) is 65.4 Å². The van der Waals surface area contributed by atoms with Gasteiger partial charge in [0.25, 0.3) is 5.91 Å². The van der Waals surface area contributed by atoms with E-state index in [1.165, 1.54) is 10.5 Å². The van der Waals surface area contributed by atoms with Crippen molar-refractivity contribution in [3.63, 3.8) is 0 Å². The van der Waals surface area contributed by atoms with Crippen molar-refractivity contribution in [2.75, 3.05) is 6.79 Å². The van der Waals surface area contributed by atoms with Gasteiger partial charge in [-0.25, -0.2) is 0 Å². The first-order valence-electron chi connectivity index (χ1n) is 9.06. The third kappa shape index (κ3) is 2.82. The maximum atomic E-state index is 12.9. The van der Waals surface area contributed by atoms with Crippen molar-refractivity contribution in [2.45, 2.75) is 24.1 Å². The Balaban J connectivity index is 1.40. The summed E-state index contributed by atoms with van der Waals surface area (Å²) in [5, 5.41) is 7.52. The molecule has 1 aromatic heterocycles. The van der Waals surface area contributed by atoms with Gasteiger partial charge in [0.15, 0.2) is 17.2 Å². The van der Waals surface area contributed by atoms with Crippen molar-refractivity contribution >= 4 is 17.7 Å². The van der Waals surface area contributed by atoms with Gasteiger partial charge in [-0.15, -0.1) is 11.8 Å². The van der Waals surface area contributed by atoms with Crippen LogP contribution in [0.2, 0.25) is 0 Å². The van der Waals surface area contributed by atoms with Crippen molar-refractivity contribution in [3.05, 3.63) is 58.8 Å². The summed E-state index contributed by atoms with van der Waals surface area (Å²) in [7, 11) is 1.90. The highest BCUT2D eigenvalue weighted by atomic mass is 32.2. The van der Waals surface area contributed by atoms with Crippen LogP contribution in [-0.2, 0) is 19.3 Å². The minimum Gasteiger partial charge on any atom is -0.454 e. The maximum Gasteiger partial charge on any atom is 0.272 e. The number of thioether (sulfide) groups is 1. The lowest BCUT2D eigenvalue weighted by atomic mass is 10.0. The van der Waals surface area contributed by atoms with Gasteiger partial charge in [-0.2, -0.15) is 5.10 Å². The molecule has 0 atom stereocenters. The summed E-state index contributed by atoms with van der Waals surface area (Å²) >= 11 is 1.75. The zero-order valence-electron chi connectivity index (χ0n) is 15.6. The standard InChI is InChI=1S/C21H19N3O3S/c1-12-3-6-18-14(7-12)20-15(10-28-18)19(23-24(20)2)21(25)22-9-13-4-5-16-17(8-13)27-11-26-16/h3-8H,9-11H2,1-2H3,(H,22,25). The van der Waals surface area contributed by atoms with Gasteiger partial charge in [0.2, 0.25) is 6.79 Å². The van der Waals surface area contributed by atoms with Crippen molar-refractivity contribution < 1.29 is 14.3 Å². The summed E-state index contributed by atoms with van der Waals surface area (Å²) in [5.74, 6) is 2.03. The van der Waals surface area contributed by atoms with Crippen LogP contribution in [0, 0.1) is 6.92 Å². The number of carbonyl (C=O) groups excluding carboxylic acids is 1. The molecule has 3 aromatic rings. The second-order valence-electron chi connectivity index (χ2n) is 6.96. The minimum absolute atomic E-state index is 0.161. The minimum atomic E-state index is -0.161. The summed E-state index contributed by atoms with van der Waals surface area (Å²) in [5.41, 5.74) is 5.83. The van der Waals surface area contributed by atoms with Crippen LogP contribution in [0.4, 0.5) is 0 Å². The average Bonchev–Trinajstić information content (AvgIpc) is 3.30. The van der Waals surface area contributed by atoms with E-state index in [-0.39, 0.29) is 12.7 Å². The molecule has 2 aliphatic rings. The molecule has 7 heteroatoms. The van der Waals surface area contributed by atoms with E-state index in [9.17, 15) is 4.79 Å². The van der Waals surface area contributed by atoms with E-state index in [1.54, 1.807) is 11.8 Å². The third-order valence-electron chi connectivity index (χ3n) is 5.01. The second-order valence-corrected chi connectivity index (χ2v) is 7.98. The molecule has 5 rings (SSSR count). The van der Waals surface area contributed by atoms with Gasteiger partial charge in [-0.1, -0.05) is 17.7 Å². The fraction of sp³-hybridized carbons (Fsp3) is 0.238. The van der Waals surface area contributed by atoms with Crippen molar-refractivity contribution in [2.24, 2.45) is 7.05 Å². The molecule has 1 N–H and O–H groups in total. The normalized spacial score (nSPS) is 13.8. The number of carbonyl (C=O) groups is 1. The van der Waals surface area contributed by atoms with Crippen LogP contribution in [0.5, 0.6) is 11.5 Å². The number of rotatable bonds is 3. The van der Waals surface area contributed by atoms with Crippen LogP contribution in [0.15, 0.2) is 41.3 Å². The highest BCUT2D eigenvalue weighted by molar-refractivity contribution is 7.98. The molecule has 0 aliphatic carbocycles. The summed E-state index contributed by atoms with van der Waals surface area (Å²) in [6.07, 6.45) is 0. The highest BCUT2D eigenvalue weighted by Gasteiger charge is 2.27. The van der Waals surface area contributed by atoms with Gasteiger partial charge in [0, 0.05) is 35.4 Å². The lowest BCUT2D eigenvalue weighted by molar-refractivity contribution is 0.0944. The third-order valence-corrected chi connectivity index (χ3v) is 6.11. The zero-order valence-corrected chi connectivity index (χ0v) is 16.4. The van der Waals surface area contributed by atoms with E-state index in [1.807, 2.05) is 29.9 Å². The van der Waals surface area contributed by atoms with Gasteiger partial charge in [0.05, 0.1) is 5.69 Å². The van der Waals surface area contributed by atoms with E-state index in [0.717, 1.165) is 33.9 Å². The predicted molar refractivity (Wildman–Crippen MR) is 107 cm³/mol. The molecule has 0 bridgehead atoms. The number of benzene rings is 2. The Bertz CT molecular complexity index is 1110. The Morgan fingerprint density at radius 1 is 1.21 bits per heavy atom. The zero-order chi connectivity index (χ0) is 19.3. The Morgan fingerprint density at radius 3 is 2.96 bits per heavy atom. The summed E-state index contributed by atoms with van der Waals surface area (Å²) in [4.78, 5) is 14.1. The number of hydrogen-bond donors (Lipinski definition) is 1. The van der Waals surface area contributed by atoms with E-state index < -0.39 is 0 Å². The van der Waals surface area contributed by atoms with E-state index >= 15 is 0 Å². The predicted octanol–water partition coefficient (Wildman–Crippen LogP) is 3.66. The molecule has 0 spiro atoms. The molecular weight excluding hydrogens is 374 g/mol. The van der Waals surface area contributed by atoms with Crippen molar-refractivity contribution in [1.29, 1.82) is 0 Å². The number of nitrogens with one attached hydrogen (secondary N) is 1. The van der Waals surface area contributed by atoms with Gasteiger partial charge in [-0.3, -0.25) is 9.48 Å². The molecule has 2 aliphatic heterocycles. The Hall–Kier alpha value is -2.93. The Kier molecular flexibility index (Phi) is 4.05. The molecule has 6 nitrogen and oxygen atoms in total. The summed E-state index contributed by atoms with van der Waals surface area (Å²) < 4.78 is 12.5. The molecule has 142 valence electrons. The number of amides is 1. The number of aromatic nitrogens is 2. The second kappa shape index (κ2) is 6.60. The smallest absolute Gasteiger partial charge is 0.272 e. The summed E-state index contributed by atoms with van der Waals surface area (Å²) in [6, 6.07) is 12.1. The van der Waals surface area contributed by atoms with E-state index in [2.05, 4.69) is 35.5 Å². The molecule has 0 fully saturated rings. The first-order valence-corrected chi connectivity index (χ1v) is 10.0. The molecule has 0 unspecified atom stereocenters. The fourth-order valence-electron chi connectivity index (χ4n) is 3.65. The lowest BCUT2D eigenvalue weighted by Gasteiger charge is -2.17. The van der Waals surface area contributed by atoms with Crippen LogP contribution >= 0.6 is 11.8 Å². The van der Waals surface area contributed by atoms with Gasteiger partial charge >= 0.3 is 0 Å². The molecule has 1 amide bonds. The average molecular weight is 393 g/mol. The van der Waals surface area contributed by atoms with Crippen LogP contribution in [0.3, 0.4) is 0 Å². The van der Waals surface area contributed by atoms with E-state index in [0.29, 0.717) is 18.0 Å². The Morgan fingerprint density at radius 2 is 2.07 bits per heavy atom. The number of fused-ring (bicyclic) bond motifs is 4. The molecule has 28 heavy (non-hydrogen) atoms. The molecule has 0 radical (unpaired) electrons. The van der Waals surface area contributed by atoms with Gasteiger partial charge < -0.3 is 14.8 Å². The quantitative estimate of drug-likeness (QED) is 0.736. The fourth-order valence-corrected chi connectivity index (χ4v) is 4.69. The molecule has 0 saturated carbocycles. The monoisotopic (exact) mass is 393 g/mol.